The summed E-state index contributed by atoms with van der Waals surface area (Å²) in [7, 11) is 0. The molecule has 0 unspecified atom stereocenters. The van der Waals surface area contributed by atoms with Crippen molar-refractivity contribution in [1.29, 1.82) is 0 Å². The third-order valence-corrected chi connectivity index (χ3v) is 4.50. The third kappa shape index (κ3) is 0.918. The molecule has 1 amide bonds. The van der Waals surface area contributed by atoms with Gasteiger partial charge in [-0.1, -0.05) is 20.8 Å². The van der Waals surface area contributed by atoms with E-state index in [2.05, 4.69) is 19.2 Å². The lowest BCUT2D eigenvalue weighted by atomic mass is 9.32. The van der Waals surface area contributed by atoms with E-state index in [0.717, 1.165) is 0 Å². The molecule has 1 atom stereocenters. The van der Waals surface area contributed by atoms with E-state index >= 15 is 0 Å². The maximum atomic E-state index is 11.3. The first-order chi connectivity index (χ1) is 6.08. The molecule has 0 heterocycles. The number of hydrogen-bond donors (Lipinski definition) is 1. The van der Waals surface area contributed by atoms with Crippen molar-refractivity contribution in [2.45, 2.75) is 52.0 Å². The summed E-state index contributed by atoms with van der Waals surface area (Å²) >= 11 is 0. The zero-order chi connectivity index (χ0) is 9.69. The van der Waals surface area contributed by atoms with Crippen molar-refractivity contribution in [3.63, 3.8) is 0 Å². The molecule has 0 aromatic rings. The van der Waals surface area contributed by atoms with Gasteiger partial charge in [0, 0.05) is 12.0 Å². The summed E-state index contributed by atoms with van der Waals surface area (Å²) < 4.78 is 0. The Labute approximate surface area is 80.1 Å². The summed E-state index contributed by atoms with van der Waals surface area (Å²) in [4.78, 5) is 11.3. The third-order valence-electron chi connectivity index (χ3n) is 4.50. The van der Waals surface area contributed by atoms with Crippen LogP contribution in [0.5, 0.6) is 0 Å². The largest absolute Gasteiger partial charge is 0.350 e. The van der Waals surface area contributed by atoms with Crippen molar-refractivity contribution in [1.82, 2.24) is 5.32 Å². The average molecular weight is 181 g/mol. The van der Waals surface area contributed by atoms with Crippen LogP contribution in [0.1, 0.15) is 46.5 Å². The van der Waals surface area contributed by atoms with E-state index in [1.807, 2.05) is 6.92 Å². The van der Waals surface area contributed by atoms with Gasteiger partial charge in [0.25, 0.3) is 0 Å². The predicted octanol–water partition coefficient (Wildman–Crippen LogP) is 2.09. The van der Waals surface area contributed by atoms with E-state index in [9.17, 15) is 4.79 Å². The molecule has 0 aromatic heterocycles. The van der Waals surface area contributed by atoms with Gasteiger partial charge in [0.05, 0.1) is 0 Å². The van der Waals surface area contributed by atoms with Crippen LogP contribution in [0.4, 0.5) is 0 Å². The summed E-state index contributed by atoms with van der Waals surface area (Å²) in [6.45, 7) is 6.47. The van der Waals surface area contributed by atoms with Gasteiger partial charge in [0.1, 0.15) is 0 Å². The molecule has 1 N–H and O–H groups in total. The Morgan fingerprint density at radius 2 is 2.08 bits per heavy atom. The van der Waals surface area contributed by atoms with E-state index < -0.39 is 0 Å². The first kappa shape index (κ1) is 9.04. The van der Waals surface area contributed by atoms with Crippen LogP contribution in [0.2, 0.25) is 0 Å². The molecule has 13 heavy (non-hydrogen) atoms. The van der Waals surface area contributed by atoms with Crippen LogP contribution in [0, 0.1) is 11.3 Å². The number of amides is 1. The van der Waals surface area contributed by atoms with Gasteiger partial charge in [-0.3, -0.25) is 4.79 Å². The van der Waals surface area contributed by atoms with Crippen LogP contribution in [0.15, 0.2) is 0 Å². The highest BCUT2D eigenvalue weighted by molar-refractivity contribution is 5.77. The molecule has 0 aromatic carbocycles. The summed E-state index contributed by atoms with van der Waals surface area (Å²) in [6, 6.07) is 0. The van der Waals surface area contributed by atoms with Crippen LogP contribution in [0.25, 0.3) is 0 Å². The normalized spacial score (nSPS) is 46.2. The van der Waals surface area contributed by atoms with Gasteiger partial charge in [-0.2, -0.15) is 0 Å². The lowest BCUT2D eigenvalue weighted by molar-refractivity contribution is -0.222. The second-order valence-corrected chi connectivity index (χ2v) is 4.85. The smallest absolute Gasteiger partial charge is 0.220 e. The molecular weight excluding hydrogens is 162 g/mol. The molecule has 3 saturated carbocycles. The fourth-order valence-corrected chi connectivity index (χ4v) is 3.26. The van der Waals surface area contributed by atoms with Crippen LogP contribution in [-0.4, -0.2) is 11.4 Å². The molecule has 74 valence electrons. The van der Waals surface area contributed by atoms with E-state index in [1.165, 1.54) is 19.3 Å². The maximum Gasteiger partial charge on any atom is 0.220 e. The number of nitrogens with one attached hydrogen (secondary N) is 1. The Kier molecular flexibility index (Phi) is 1.73. The monoisotopic (exact) mass is 181 g/mol. The molecule has 3 rings (SSSR count). The molecule has 2 bridgehead atoms. The fourth-order valence-electron chi connectivity index (χ4n) is 3.26. The molecule has 0 aliphatic heterocycles. The van der Waals surface area contributed by atoms with Crippen molar-refractivity contribution in [2.75, 3.05) is 0 Å². The highest BCUT2D eigenvalue weighted by atomic mass is 16.1. The van der Waals surface area contributed by atoms with Crippen molar-refractivity contribution < 1.29 is 4.79 Å². The number of carbonyl (C=O) groups excluding carboxylic acids is 1. The molecule has 0 saturated heterocycles. The van der Waals surface area contributed by atoms with Crippen LogP contribution in [-0.2, 0) is 4.79 Å². The van der Waals surface area contributed by atoms with Crippen molar-refractivity contribution in [3.8, 4) is 0 Å². The van der Waals surface area contributed by atoms with Gasteiger partial charge < -0.3 is 5.32 Å². The highest BCUT2D eigenvalue weighted by Gasteiger charge is 2.72. The molecule has 2 nitrogen and oxygen atoms in total. The summed E-state index contributed by atoms with van der Waals surface area (Å²) in [6.07, 6.45) is 4.35. The van der Waals surface area contributed by atoms with E-state index in [4.69, 9.17) is 0 Å². The second kappa shape index (κ2) is 2.49. The number of rotatable bonds is 3. The Morgan fingerprint density at radius 1 is 1.46 bits per heavy atom. The van der Waals surface area contributed by atoms with Gasteiger partial charge in [0.2, 0.25) is 5.91 Å². The Hall–Kier alpha value is -0.530. The minimum absolute atomic E-state index is 0.211. The zero-order valence-electron chi connectivity index (χ0n) is 8.81. The molecular formula is C11H19NO. The van der Waals surface area contributed by atoms with E-state index in [-0.39, 0.29) is 11.4 Å². The number of hydrogen-bond acceptors (Lipinski definition) is 1. The van der Waals surface area contributed by atoms with Crippen molar-refractivity contribution >= 4 is 5.91 Å². The maximum absolute atomic E-state index is 11.3. The zero-order valence-corrected chi connectivity index (χ0v) is 8.81. The van der Waals surface area contributed by atoms with Gasteiger partial charge in [-0.05, 0) is 30.6 Å². The Morgan fingerprint density at radius 3 is 2.46 bits per heavy atom. The minimum Gasteiger partial charge on any atom is -0.350 e. The lowest BCUT2D eigenvalue weighted by Crippen LogP contribution is -2.80. The first-order valence-corrected chi connectivity index (χ1v) is 5.39. The first-order valence-electron chi connectivity index (χ1n) is 5.39. The van der Waals surface area contributed by atoms with Crippen molar-refractivity contribution in [3.05, 3.63) is 0 Å². The predicted molar refractivity (Wildman–Crippen MR) is 52.3 cm³/mol. The molecule has 2 heteroatoms. The SMILES string of the molecule is CCC(=O)NC12CC(CC)(C1)[C@@H]2C. The van der Waals surface area contributed by atoms with Gasteiger partial charge in [-0.25, -0.2) is 0 Å². The molecule has 3 aliphatic carbocycles. The Balaban J connectivity index is 1.95. The lowest BCUT2D eigenvalue weighted by Gasteiger charge is -2.76. The van der Waals surface area contributed by atoms with Crippen molar-refractivity contribution in [2.24, 2.45) is 11.3 Å². The summed E-state index contributed by atoms with van der Waals surface area (Å²) in [5.74, 6) is 0.928. The fraction of sp³-hybridized carbons (Fsp3) is 0.909. The van der Waals surface area contributed by atoms with Gasteiger partial charge in [-0.15, -0.1) is 0 Å². The molecule has 0 spiro atoms. The highest BCUT2D eigenvalue weighted by Crippen LogP contribution is 2.72. The molecule has 3 fully saturated rings. The standard InChI is InChI=1S/C11H19NO/c1-4-9(13)12-11-6-10(5-2,7-11)8(11)3/h8H,4-7H2,1-3H3,(H,12,13)/t8-,10?,11?/m0/s1. The quantitative estimate of drug-likeness (QED) is 0.709. The van der Waals surface area contributed by atoms with E-state index in [1.54, 1.807) is 0 Å². The molecule has 3 aliphatic rings. The second-order valence-electron chi connectivity index (χ2n) is 4.85. The summed E-state index contributed by atoms with van der Waals surface area (Å²) in [5, 5.41) is 3.18. The number of carbonyl (C=O) groups is 1. The van der Waals surface area contributed by atoms with Gasteiger partial charge in [0.15, 0.2) is 0 Å². The van der Waals surface area contributed by atoms with Crippen LogP contribution in [0.3, 0.4) is 0 Å². The van der Waals surface area contributed by atoms with Crippen LogP contribution < -0.4 is 5.32 Å². The topological polar surface area (TPSA) is 29.1 Å². The van der Waals surface area contributed by atoms with Gasteiger partial charge >= 0.3 is 0 Å². The molecule has 0 radical (unpaired) electrons. The Bertz CT molecular complexity index is 240. The minimum atomic E-state index is 0.211. The average Bonchev–Trinajstić information content (AvgIpc) is 2.10. The van der Waals surface area contributed by atoms with Crippen LogP contribution >= 0.6 is 0 Å². The van der Waals surface area contributed by atoms with E-state index in [0.29, 0.717) is 17.8 Å². The summed E-state index contributed by atoms with van der Waals surface area (Å²) in [5.41, 5.74) is 0.810.